The Balaban J connectivity index is 1.91. The van der Waals surface area contributed by atoms with Crippen molar-refractivity contribution in [1.29, 1.82) is 0 Å². The molecule has 2 N–H and O–H groups in total. The van der Waals surface area contributed by atoms with Gasteiger partial charge in [-0.1, -0.05) is 13.3 Å². The molecular weight excluding hydrogens is 176 g/mol. The maximum absolute atomic E-state index is 4.27. The number of anilines is 1. The summed E-state index contributed by atoms with van der Waals surface area (Å²) in [6.45, 7) is 4.19. The van der Waals surface area contributed by atoms with Crippen molar-refractivity contribution in [3.63, 3.8) is 0 Å². The average Bonchev–Trinajstić information content (AvgIpc) is 2.14. The molecule has 1 aliphatic rings. The summed E-state index contributed by atoms with van der Waals surface area (Å²) in [6, 6.07) is 0.507. The zero-order valence-electron chi connectivity index (χ0n) is 8.45. The summed E-state index contributed by atoms with van der Waals surface area (Å²) in [5.74, 6) is 0.747. The number of rotatable bonds is 4. The molecule has 0 unspecified atom stereocenters. The van der Waals surface area contributed by atoms with E-state index in [1.807, 2.05) is 12.4 Å². The highest BCUT2D eigenvalue weighted by molar-refractivity contribution is 5.27. The molecule has 14 heavy (non-hydrogen) atoms. The number of nitrogens with one attached hydrogen (secondary N) is 2. The van der Waals surface area contributed by atoms with E-state index >= 15 is 0 Å². The lowest BCUT2D eigenvalue weighted by molar-refractivity contribution is 0.469. The van der Waals surface area contributed by atoms with Gasteiger partial charge in [0.2, 0.25) is 5.95 Å². The lowest BCUT2D eigenvalue weighted by Gasteiger charge is -2.27. The molecule has 1 aliphatic heterocycles. The second kappa shape index (κ2) is 4.37. The van der Waals surface area contributed by atoms with E-state index in [2.05, 4.69) is 27.5 Å². The molecule has 1 saturated heterocycles. The fourth-order valence-electron chi connectivity index (χ4n) is 1.42. The second-order valence-electron chi connectivity index (χ2n) is 3.66. The van der Waals surface area contributed by atoms with E-state index < -0.39 is 0 Å². The van der Waals surface area contributed by atoms with Crippen LogP contribution >= 0.6 is 0 Å². The Hall–Kier alpha value is -1.16. The second-order valence-corrected chi connectivity index (χ2v) is 3.66. The van der Waals surface area contributed by atoms with E-state index in [1.165, 1.54) is 5.56 Å². The number of nitrogens with zero attached hydrogens (tertiary/aromatic N) is 2. The van der Waals surface area contributed by atoms with Gasteiger partial charge in [-0.05, 0) is 12.0 Å². The number of aryl methyl sites for hydroxylation is 1. The standard InChI is InChI=1S/C10H16N4/c1-2-3-8-4-12-10(13-5-8)14-9-6-11-7-9/h4-5,9,11H,2-3,6-7H2,1H3,(H,12,13,14). The van der Waals surface area contributed by atoms with Crippen LogP contribution in [0.4, 0.5) is 5.95 Å². The van der Waals surface area contributed by atoms with Gasteiger partial charge in [-0.2, -0.15) is 0 Å². The topological polar surface area (TPSA) is 49.8 Å². The Morgan fingerprint density at radius 3 is 2.64 bits per heavy atom. The van der Waals surface area contributed by atoms with Crippen molar-refractivity contribution in [3.05, 3.63) is 18.0 Å². The maximum Gasteiger partial charge on any atom is 0.222 e. The molecule has 0 saturated carbocycles. The van der Waals surface area contributed by atoms with Crippen LogP contribution in [0.3, 0.4) is 0 Å². The summed E-state index contributed by atoms with van der Waals surface area (Å²) in [4.78, 5) is 8.54. The van der Waals surface area contributed by atoms with Gasteiger partial charge in [0.05, 0.1) is 6.04 Å². The summed E-state index contributed by atoms with van der Waals surface area (Å²) in [7, 11) is 0. The van der Waals surface area contributed by atoms with Gasteiger partial charge in [-0.3, -0.25) is 0 Å². The van der Waals surface area contributed by atoms with Gasteiger partial charge in [0.15, 0.2) is 0 Å². The number of hydrogen-bond donors (Lipinski definition) is 2. The van der Waals surface area contributed by atoms with E-state index in [-0.39, 0.29) is 0 Å². The third-order valence-corrected chi connectivity index (χ3v) is 2.36. The minimum Gasteiger partial charge on any atom is -0.349 e. The predicted molar refractivity (Wildman–Crippen MR) is 56.3 cm³/mol. The minimum absolute atomic E-state index is 0.507. The minimum atomic E-state index is 0.507. The molecule has 0 atom stereocenters. The van der Waals surface area contributed by atoms with E-state index in [0.29, 0.717) is 6.04 Å². The van der Waals surface area contributed by atoms with Crippen molar-refractivity contribution < 1.29 is 0 Å². The van der Waals surface area contributed by atoms with Crippen molar-refractivity contribution in [2.24, 2.45) is 0 Å². The number of aromatic nitrogens is 2. The SMILES string of the molecule is CCCc1cnc(NC2CNC2)nc1. The molecular formula is C10H16N4. The molecule has 0 radical (unpaired) electrons. The first-order chi connectivity index (χ1) is 6.88. The molecule has 0 aromatic carbocycles. The first-order valence-electron chi connectivity index (χ1n) is 5.16. The highest BCUT2D eigenvalue weighted by atomic mass is 15.2. The van der Waals surface area contributed by atoms with Gasteiger partial charge >= 0.3 is 0 Å². The molecule has 1 aromatic heterocycles. The van der Waals surface area contributed by atoms with Gasteiger partial charge in [0, 0.05) is 25.5 Å². The first kappa shape index (κ1) is 9.40. The molecule has 2 rings (SSSR count). The summed E-state index contributed by atoms with van der Waals surface area (Å²) in [5.41, 5.74) is 1.21. The molecule has 76 valence electrons. The Labute approximate surface area is 84.2 Å². The van der Waals surface area contributed by atoms with Crippen LogP contribution in [-0.2, 0) is 6.42 Å². The fourth-order valence-corrected chi connectivity index (χ4v) is 1.42. The highest BCUT2D eigenvalue weighted by Gasteiger charge is 2.16. The van der Waals surface area contributed by atoms with E-state index in [1.54, 1.807) is 0 Å². The summed E-state index contributed by atoms with van der Waals surface area (Å²) in [6.07, 6.45) is 6.02. The smallest absolute Gasteiger partial charge is 0.222 e. The third kappa shape index (κ3) is 2.20. The lowest BCUT2D eigenvalue weighted by atomic mass is 10.2. The fraction of sp³-hybridized carbons (Fsp3) is 0.600. The molecule has 0 bridgehead atoms. The maximum atomic E-state index is 4.27. The van der Waals surface area contributed by atoms with Crippen LogP contribution in [0.1, 0.15) is 18.9 Å². The van der Waals surface area contributed by atoms with Crippen LogP contribution in [0.15, 0.2) is 12.4 Å². The molecule has 1 aromatic rings. The average molecular weight is 192 g/mol. The normalized spacial score (nSPS) is 16.4. The zero-order chi connectivity index (χ0) is 9.80. The van der Waals surface area contributed by atoms with Gasteiger partial charge < -0.3 is 10.6 Å². The van der Waals surface area contributed by atoms with Gasteiger partial charge in [0.25, 0.3) is 0 Å². The summed E-state index contributed by atoms with van der Waals surface area (Å²) in [5, 5.41) is 6.46. The largest absolute Gasteiger partial charge is 0.349 e. The van der Waals surface area contributed by atoms with Crippen molar-refractivity contribution in [2.75, 3.05) is 18.4 Å². The van der Waals surface area contributed by atoms with Gasteiger partial charge in [-0.15, -0.1) is 0 Å². The van der Waals surface area contributed by atoms with Crippen LogP contribution in [0.2, 0.25) is 0 Å². The molecule has 4 nitrogen and oxygen atoms in total. The van der Waals surface area contributed by atoms with Crippen molar-refractivity contribution in [1.82, 2.24) is 15.3 Å². The quantitative estimate of drug-likeness (QED) is 0.741. The lowest BCUT2D eigenvalue weighted by Crippen LogP contribution is -2.51. The Morgan fingerprint density at radius 2 is 2.14 bits per heavy atom. The van der Waals surface area contributed by atoms with E-state index in [4.69, 9.17) is 0 Å². The number of hydrogen-bond acceptors (Lipinski definition) is 4. The molecule has 1 fully saturated rings. The van der Waals surface area contributed by atoms with Gasteiger partial charge in [0.1, 0.15) is 0 Å². The molecule has 4 heteroatoms. The monoisotopic (exact) mass is 192 g/mol. The van der Waals surface area contributed by atoms with Gasteiger partial charge in [-0.25, -0.2) is 9.97 Å². The van der Waals surface area contributed by atoms with Crippen LogP contribution in [0, 0.1) is 0 Å². The van der Waals surface area contributed by atoms with Crippen LogP contribution in [0.5, 0.6) is 0 Å². The zero-order valence-corrected chi connectivity index (χ0v) is 8.45. The van der Waals surface area contributed by atoms with Crippen LogP contribution in [-0.4, -0.2) is 29.1 Å². The Bertz CT molecular complexity index is 279. The van der Waals surface area contributed by atoms with E-state index in [9.17, 15) is 0 Å². The van der Waals surface area contributed by atoms with Crippen LogP contribution < -0.4 is 10.6 Å². The highest BCUT2D eigenvalue weighted by Crippen LogP contribution is 2.05. The first-order valence-corrected chi connectivity index (χ1v) is 5.16. The van der Waals surface area contributed by atoms with Crippen LogP contribution in [0.25, 0.3) is 0 Å². The van der Waals surface area contributed by atoms with Crippen molar-refractivity contribution in [2.45, 2.75) is 25.8 Å². The molecule has 2 heterocycles. The predicted octanol–water partition coefficient (Wildman–Crippen LogP) is 0.813. The van der Waals surface area contributed by atoms with E-state index in [0.717, 1.165) is 31.9 Å². The molecule has 0 amide bonds. The van der Waals surface area contributed by atoms with Crippen molar-refractivity contribution >= 4 is 5.95 Å². The molecule has 0 spiro atoms. The molecule has 0 aliphatic carbocycles. The Kier molecular flexibility index (Phi) is 2.93. The summed E-state index contributed by atoms with van der Waals surface area (Å²) < 4.78 is 0. The Morgan fingerprint density at radius 1 is 1.43 bits per heavy atom. The van der Waals surface area contributed by atoms with Crippen molar-refractivity contribution in [3.8, 4) is 0 Å². The third-order valence-electron chi connectivity index (χ3n) is 2.36. The summed E-state index contributed by atoms with van der Waals surface area (Å²) >= 11 is 0.